The number of hydrogen-bond donors (Lipinski definition) is 1. The number of thioether (sulfide) groups is 1. The van der Waals surface area contributed by atoms with Gasteiger partial charge in [0.05, 0.1) is 5.56 Å². The first-order chi connectivity index (χ1) is 5.65. The van der Waals surface area contributed by atoms with Crippen LogP contribution >= 0.6 is 11.8 Å². The summed E-state index contributed by atoms with van der Waals surface area (Å²) in [5.74, 6) is -1.93. The second-order valence-corrected chi connectivity index (χ2v) is 3.03. The number of halogens is 1. The van der Waals surface area contributed by atoms with Crippen molar-refractivity contribution in [2.45, 2.75) is 4.90 Å². The number of carboxylic acids is 1. The zero-order chi connectivity index (χ0) is 9.14. The number of hydrogen-bond acceptors (Lipinski definition) is 2. The van der Waals surface area contributed by atoms with E-state index in [0.29, 0.717) is 0 Å². The van der Waals surface area contributed by atoms with Crippen LogP contribution in [0.3, 0.4) is 0 Å². The first kappa shape index (κ1) is 9.06. The van der Waals surface area contributed by atoms with Crippen LogP contribution in [0.5, 0.6) is 0 Å². The van der Waals surface area contributed by atoms with Gasteiger partial charge in [-0.2, -0.15) is 0 Å². The van der Waals surface area contributed by atoms with Gasteiger partial charge in [0.25, 0.3) is 0 Å². The number of carboxylic acid groups (broad SMARTS) is 1. The van der Waals surface area contributed by atoms with Gasteiger partial charge in [-0.25, -0.2) is 9.18 Å². The van der Waals surface area contributed by atoms with Crippen molar-refractivity contribution in [3.63, 3.8) is 0 Å². The van der Waals surface area contributed by atoms with Crippen molar-refractivity contribution in [3.05, 3.63) is 29.6 Å². The van der Waals surface area contributed by atoms with E-state index in [1.807, 2.05) is 0 Å². The third-order valence-corrected chi connectivity index (χ3v) is 2.13. The molecule has 64 valence electrons. The molecule has 0 radical (unpaired) electrons. The Hall–Kier alpha value is -1.03. The van der Waals surface area contributed by atoms with Crippen LogP contribution in [0, 0.1) is 5.82 Å². The first-order valence-electron chi connectivity index (χ1n) is 3.22. The Labute approximate surface area is 73.4 Å². The fraction of sp³-hybridized carbons (Fsp3) is 0.125. The molecule has 4 heteroatoms. The van der Waals surface area contributed by atoms with Gasteiger partial charge in [0.2, 0.25) is 0 Å². The summed E-state index contributed by atoms with van der Waals surface area (Å²) in [6.45, 7) is 0. The molecule has 0 aromatic heterocycles. The summed E-state index contributed by atoms with van der Waals surface area (Å²) in [5.41, 5.74) is -0.276. The highest BCUT2D eigenvalue weighted by Crippen LogP contribution is 2.18. The van der Waals surface area contributed by atoms with E-state index >= 15 is 0 Å². The Morgan fingerprint density at radius 1 is 1.58 bits per heavy atom. The van der Waals surface area contributed by atoms with Crippen molar-refractivity contribution in [3.8, 4) is 0 Å². The maximum atomic E-state index is 12.8. The van der Waals surface area contributed by atoms with E-state index in [2.05, 4.69) is 0 Å². The van der Waals surface area contributed by atoms with Crippen LogP contribution < -0.4 is 0 Å². The van der Waals surface area contributed by atoms with Gasteiger partial charge in [0, 0.05) is 4.90 Å². The minimum Gasteiger partial charge on any atom is -0.478 e. The monoisotopic (exact) mass is 186 g/mol. The SMILES string of the molecule is CSc1ccc(F)c(C(=O)O)c1. The standard InChI is InChI=1S/C8H7FO2S/c1-12-5-2-3-7(9)6(4-5)8(10)11/h2-4H,1H3,(H,10,11). The summed E-state index contributed by atoms with van der Waals surface area (Å²) >= 11 is 1.38. The lowest BCUT2D eigenvalue weighted by molar-refractivity contribution is 0.0691. The number of aromatic carboxylic acids is 1. The zero-order valence-corrected chi connectivity index (χ0v) is 7.19. The van der Waals surface area contributed by atoms with Gasteiger partial charge in [-0.1, -0.05) is 0 Å². The van der Waals surface area contributed by atoms with E-state index in [0.717, 1.165) is 11.0 Å². The summed E-state index contributed by atoms with van der Waals surface area (Å²) in [6, 6.07) is 4.03. The van der Waals surface area contributed by atoms with E-state index in [1.54, 1.807) is 12.3 Å². The van der Waals surface area contributed by atoms with Crippen molar-refractivity contribution in [1.82, 2.24) is 0 Å². The van der Waals surface area contributed by atoms with Crippen LogP contribution in [0.25, 0.3) is 0 Å². The van der Waals surface area contributed by atoms with Crippen LogP contribution in [0.15, 0.2) is 23.1 Å². The Kier molecular flexibility index (Phi) is 2.70. The summed E-state index contributed by atoms with van der Waals surface area (Å²) in [7, 11) is 0. The zero-order valence-electron chi connectivity index (χ0n) is 6.37. The van der Waals surface area contributed by atoms with Gasteiger partial charge in [0.1, 0.15) is 5.82 Å². The van der Waals surface area contributed by atoms with Crippen molar-refractivity contribution < 1.29 is 14.3 Å². The number of benzene rings is 1. The predicted molar refractivity (Wildman–Crippen MR) is 45.1 cm³/mol. The average Bonchev–Trinajstić information content (AvgIpc) is 2.05. The summed E-state index contributed by atoms with van der Waals surface area (Å²) in [4.78, 5) is 11.2. The molecule has 0 aliphatic carbocycles. The molecular weight excluding hydrogens is 179 g/mol. The summed E-state index contributed by atoms with van der Waals surface area (Å²) in [6.07, 6.45) is 1.80. The molecule has 0 atom stereocenters. The third-order valence-electron chi connectivity index (χ3n) is 1.40. The van der Waals surface area contributed by atoms with Gasteiger partial charge in [0.15, 0.2) is 0 Å². The fourth-order valence-corrected chi connectivity index (χ4v) is 1.24. The molecule has 1 aromatic carbocycles. The molecule has 0 bridgehead atoms. The molecule has 1 rings (SSSR count). The minimum atomic E-state index is -1.23. The molecule has 2 nitrogen and oxygen atoms in total. The van der Waals surface area contributed by atoms with Crippen molar-refractivity contribution in [2.75, 3.05) is 6.26 Å². The van der Waals surface area contributed by atoms with E-state index in [1.165, 1.54) is 17.8 Å². The first-order valence-corrected chi connectivity index (χ1v) is 4.44. The lowest BCUT2D eigenvalue weighted by atomic mass is 10.2. The third kappa shape index (κ3) is 1.76. The van der Waals surface area contributed by atoms with Crippen LogP contribution in [0.2, 0.25) is 0 Å². The largest absolute Gasteiger partial charge is 0.478 e. The Bertz CT molecular complexity index is 312. The second-order valence-electron chi connectivity index (χ2n) is 2.15. The smallest absolute Gasteiger partial charge is 0.338 e. The van der Waals surface area contributed by atoms with E-state index in [4.69, 9.17) is 5.11 Å². The molecule has 1 aromatic rings. The quantitative estimate of drug-likeness (QED) is 0.720. The van der Waals surface area contributed by atoms with Gasteiger partial charge >= 0.3 is 5.97 Å². The molecule has 0 saturated carbocycles. The highest BCUT2D eigenvalue weighted by molar-refractivity contribution is 7.98. The van der Waals surface area contributed by atoms with Gasteiger partial charge in [-0.3, -0.25) is 0 Å². The maximum Gasteiger partial charge on any atom is 0.338 e. The molecule has 1 N–H and O–H groups in total. The topological polar surface area (TPSA) is 37.3 Å². The molecule has 12 heavy (non-hydrogen) atoms. The Morgan fingerprint density at radius 2 is 2.25 bits per heavy atom. The number of rotatable bonds is 2. The lowest BCUT2D eigenvalue weighted by Crippen LogP contribution is -1.99. The van der Waals surface area contributed by atoms with E-state index in [-0.39, 0.29) is 5.56 Å². The van der Waals surface area contributed by atoms with Gasteiger partial charge < -0.3 is 5.11 Å². The Morgan fingerprint density at radius 3 is 2.75 bits per heavy atom. The fourth-order valence-electron chi connectivity index (χ4n) is 0.795. The molecule has 0 fully saturated rings. The van der Waals surface area contributed by atoms with E-state index < -0.39 is 11.8 Å². The highest BCUT2D eigenvalue weighted by Gasteiger charge is 2.09. The molecule has 0 amide bonds. The molecule has 0 heterocycles. The highest BCUT2D eigenvalue weighted by atomic mass is 32.2. The van der Waals surface area contributed by atoms with Crippen molar-refractivity contribution in [2.24, 2.45) is 0 Å². The normalized spacial score (nSPS) is 9.83. The molecular formula is C8H7FO2S. The molecule has 0 aliphatic heterocycles. The molecule has 0 spiro atoms. The maximum absolute atomic E-state index is 12.8. The predicted octanol–water partition coefficient (Wildman–Crippen LogP) is 2.25. The summed E-state index contributed by atoms with van der Waals surface area (Å²) in [5, 5.41) is 8.54. The van der Waals surface area contributed by atoms with Crippen LogP contribution in [0.1, 0.15) is 10.4 Å². The second kappa shape index (κ2) is 3.58. The van der Waals surface area contributed by atoms with Crippen molar-refractivity contribution >= 4 is 17.7 Å². The van der Waals surface area contributed by atoms with E-state index in [9.17, 15) is 9.18 Å². The molecule has 0 aliphatic rings. The van der Waals surface area contributed by atoms with Crippen molar-refractivity contribution in [1.29, 1.82) is 0 Å². The van der Waals surface area contributed by atoms with Gasteiger partial charge in [-0.05, 0) is 24.5 Å². The molecule has 0 unspecified atom stereocenters. The van der Waals surface area contributed by atoms with Crippen LogP contribution in [-0.4, -0.2) is 17.3 Å². The summed E-state index contributed by atoms with van der Waals surface area (Å²) < 4.78 is 12.8. The number of carbonyl (C=O) groups is 1. The van der Waals surface area contributed by atoms with Crippen LogP contribution in [0.4, 0.5) is 4.39 Å². The van der Waals surface area contributed by atoms with Crippen LogP contribution in [-0.2, 0) is 0 Å². The average molecular weight is 186 g/mol. The minimum absolute atomic E-state index is 0.276. The lowest BCUT2D eigenvalue weighted by Gasteiger charge is -1.99. The van der Waals surface area contributed by atoms with Gasteiger partial charge in [-0.15, -0.1) is 11.8 Å². The molecule has 0 saturated heterocycles. The Balaban J connectivity index is 3.17.